The Morgan fingerprint density at radius 3 is 2.77 bits per heavy atom. The Labute approximate surface area is 135 Å². The first-order valence-corrected chi connectivity index (χ1v) is 6.72. The minimum Gasteiger partial charge on any atom is -0.444 e. The van der Waals surface area contributed by atoms with Gasteiger partial charge in [-0.15, -0.1) is 12.4 Å². The van der Waals surface area contributed by atoms with Gasteiger partial charge in [-0.3, -0.25) is 4.79 Å². The van der Waals surface area contributed by atoms with Gasteiger partial charge in [-0.2, -0.15) is 0 Å². The van der Waals surface area contributed by atoms with Gasteiger partial charge in [-0.05, 0) is 12.1 Å². The molecular weight excluding hydrogens is 306 g/mol. The standard InChI is InChI=1S/C15H19N3O3.ClH/c1-20-13(8-16)7-14(19)17-9-12-10-21-15(18-12)11-5-3-2-4-6-11;/h2-6,10,13H,7-9,16H2,1H3,(H,17,19);1H. The van der Waals surface area contributed by atoms with Crippen LogP contribution in [0.2, 0.25) is 0 Å². The smallest absolute Gasteiger partial charge is 0.226 e. The van der Waals surface area contributed by atoms with E-state index >= 15 is 0 Å². The molecule has 0 fully saturated rings. The first kappa shape index (κ1) is 18.2. The predicted octanol–water partition coefficient (Wildman–Crippen LogP) is 1.74. The zero-order chi connectivity index (χ0) is 15.1. The number of amides is 1. The molecule has 1 unspecified atom stereocenters. The van der Waals surface area contributed by atoms with Crippen molar-refractivity contribution in [3.05, 3.63) is 42.3 Å². The number of carbonyl (C=O) groups excluding carboxylic acids is 1. The Balaban J connectivity index is 0.00000242. The van der Waals surface area contributed by atoms with Crippen LogP contribution in [-0.4, -0.2) is 30.6 Å². The van der Waals surface area contributed by atoms with E-state index < -0.39 is 0 Å². The molecule has 6 nitrogen and oxygen atoms in total. The van der Waals surface area contributed by atoms with Gasteiger partial charge in [0.05, 0.1) is 24.8 Å². The third kappa shape index (κ3) is 5.14. The number of methoxy groups -OCH3 is 1. The maximum absolute atomic E-state index is 11.7. The fourth-order valence-corrected chi connectivity index (χ4v) is 1.83. The van der Waals surface area contributed by atoms with E-state index in [9.17, 15) is 4.79 Å². The third-order valence-electron chi connectivity index (χ3n) is 3.05. The summed E-state index contributed by atoms with van der Waals surface area (Å²) in [6.45, 7) is 0.627. The van der Waals surface area contributed by atoms with E-state index in [0.717, 1.165) is 5.56 Å². The van der Waals surface area contributed by atoms with E-state index in [4.69, 9.17) is 14.9 Å². The highest BCUT2D eigenvalue weighted by molar-refractivity contribution is 5.85. The van der Waals surface area contributed by atoms with Crippen molar-refractivity contribution in [3.63, 3.8) is 0 Å². The number of oxazole rings is 1. The summed E-state index contributed by atoms with van der Waals surface area (Å²) in [5.41, 5.74) is 7.05. The molecule has 0 radical (unpaired) electrons. The number of carbonyl (C=O) groups is 1. The van der Waals surface area contributed by atoms with Crippen molar-refractivity contribution in [1.82, 2.24) is 10.3 Å². The minimum absolute atomic E-state index is 0. The molecule has 1 atom stereocenters. The molecule has 22 heavy (non-hydrogen) atoms. The molecule has 3 N–H and O–H groups in total. The highest BCUT2D eigenvalue weighted by Gasteiger charge is 2.12. The van der Waals surface area contributed by atoms with E-state index in [0.29, 0.717) is 24.7 Å². The van der Waals surface area contributed by atoms with Crippen LogP contribution in [0.3, 0.4) is 0 Å². The first-order chi connectivity index (χ1) is 10.2. The number of hydrogen-bond donors (Lipinski definition) is 2. The molecule has 2 rings (SSSR count). The van der Waals surface area contributed by atoms with E-state index in [2.05, 4.69) is 10.3 Å². The van der Waals surface area contributed by atoms with E-state index in [1.54, 1.807) is 6.26 Å². The van der Waals surface area contributed by atoms with Crippen molar-refractivity contribution in [2.75, 3.05) is 13.7 Å². The van der Waals surface area contributed by atoms with Gasteiger partial charge < -0.3 is 20.2 Å². The van der Waals surface area contributed by atoms with Gasteiger partial charge in [0.25, 0.3) is 0 Å². The molecule has 0 spiro atoms. The number of nitrogens with one attached hydrogen (secondary N) is 1. The molecular formula is C15H20ClN3O3. The Bertz CT molecular complexity index is 570. The van der Waals surface area contributed by atoms with Crippen molar-refractivity contribution in [1.29, 1.82) is 0 Å². The molecule has 2 aromatic rings. The van der Waals surface area contributed by atoms with Gasteiger partial charge in [0.1, 0.15) is 6.26 Å². The molecule has 0 aliphatic heterocycles. The molecule has 1 heterocycles. The zero-order valence-corrected chi connectivity index (χ0v) is 13.1. The lowest BCUT2D eigenvalue weighted by Crippen LogP contribution is -2.31. The van der Waals surface area contributed by atoms with Crippen molar-refractivity contribution in [2.24, 2.45) is 5.73 Å². The summed E-state index contributed by atoms with van der Waals surface area (Å²) in [6, 6.07) is 9.59. The third-order valence-corrected chi connectivity index (χ3v) is 3.05. The van der Waals surface area contributed by atoms with Crippen LogP contribution in [-0.2, 0) is 16.1 Å². The number of benzene rings is 1. The van der Waals surface area contributed by atoms with Crippen molar-refractivity contribution >= 4 is 18.3 Å². The summed E-state index contributed by atoms with van der Waals surface area (Å²) in [4.78, 5) is 16.1. The van der Waals surface area contributed by atoms with Crippen LogP contribution in [0.5, 0.6) is 0 Å². The number of ether oxygens (including phenoxy) is 1. The molecule has 0 saturated carbocycles. The van der Waals surface area contributed by atoms with Crippen molar-refractivity contribution in [2.45, 2.75) is 19.1 Å². The topological polar surface area (TPSA) is 90.4 Å². The highest BCUT2D eigenvalue weighted by atomic mass is 35.5. The average Bonchev–Trinajstić information content (AvgIpc) is 3.00. The fourth-order valence-electron chi connectivity index (χ4n) is 1.83. The normalized spacial score (nSPS) is 11.5. The number of nitrogens with two attached hydrogens (primary N) is 1. The summed E-state index contributed by atoms with van der Waals surface area (Å²) in [5.74, 6) is 0.410. The number of halogens is 1. The number of rotatable bonds is 7. The molecule has 0 aliphatic carbocycles. The summed E-state index contributed by atoms with van der Waals surface area (Å²) in [6.07, 6.45) is 1.51. The minimum atomic E-state index is -0.262. The Hall–Kier alpha value is -1.89. The maximum atomic E-state index is 11.7. The largest absolute Gasteiger partial charge is 0.444 e. The molecule has 1 amide bonds. The lowest BCUT2D eigenvalue weighted by atomic mass is 10.2. The predicted molar refractivity (Wildman–Crippen MR) is 85.5 cm³/mol. The van der Waals surface area contributed by atoms with Crippen LogP contribution in [0.4, 0.5) is 0 Å². The first-order valence-electron chi connectivity index (χ1n) is 6.72. The number of nitrogens with zero attached hydrogens (tertiary/aromatic N) is 1. The molecule has 7 heteroatoms. The van der Waals surface area contributed by atoms with Gasteiger partial charge >= 0.3 is 0 Å². The van der Waals surface area contributed by atoms with Crippen LogP contribution in [0, 0.1) is 0 Å². The van der Waals surface area contributed by atoms with Crippen LogP contribution in [0.25, 0.3) is 11.5 Å². The number of aromatic nitrogens is 1. The summed E-state index contributed by atoms with van der Waals surface area (Å²) in [5, 5.41) is 2.77. The van der Waals surface area contributed by atoms with Crippen LogP contribution in [0.15, 0.2) is 41.0 Å². The Morgan fingerprint density at radius 2 is 2.14 bits per heavy atom. The molecule has 0 aliphatic rings. The quantitative estimate of drug-likeness (QED) is 0.809. The lowest BCUT2D eigenvalue weighted by molar-refractivity contribution is -0.123. The Kier molecular flexibility index (Phi) is 7.59. The summed E-state index contributed by atoms with van der Waals surface area (Å²) >= 11 is 0. The molecule has 1 aromatic carbocycles. The SMILES string of the molecule is COC(CN)CC(=O)NCc1coc(-c2ccccc2)n1.Cl. The van der Waals surface area contributed by atoms with Gasteiger partial charge in [-0.1, -0.05) is 18.2 Å². The monoisotopic (exact) mass is 325 g/mol. The average molecular weight is 326 g/mol. The lowest BCUT2D eigenvalue weighted by Gasteiger charge is -2.11. The van der Waals surface area contributed by atoms with Crippen molar-refractivity contribution in [3.8, 4) is 11.5 Å². The summed E-state index contributed by atoms with van der Waals surface area (Å²) < 4.78 is 10.5. The van der Waals surface area contributed by atoms with E-state index in [-0.39, 0.29) is 30.8 Å². The second kappa shape index (κ2) is 9.19. The van der Waals surface area contributed by atoms with Gasteiger partial charge in [-0.25, -0.2) is 4.98 Å². The van der Waals surface area contributed by atoms with E-state index in [1.165, 1.54) is 7.11 Å². The van der Waals surface area contributed by atoms with Crippen LogP contribution >= 0.6 is 12.4 Å². The van der Waals surface area contributed by atoms with Gasteiger partial charge in [0.2, 0.25) is 11.8 Å². The zero-order valence-electron chi connectivity index (χ0n) is 12.3. The molecule has 1 aromatic heterocycles. The summed E-state index contributed by atoms with van der Waals surface area (Å²) in [7, 11) is 1.54. The second-order valence-electron chi connectivity index (χ2n) is 4.58. The molecule has 120 valence electrons. The number of hydrogen-bond acceptors (Lipinski definition) is 5. The fraction of sp³-hybridized carbons (Fsp3) is 0.333. The van der Waals surface area contributed by atoms with Crippen molar-refractivity contribution < 1.29 is 13.9 Å². The Morgan fingerprint density at radius 1 is 1.41 bits per heavy atom. The van der Waals surface area contributed by atoms with Gasteiger partial charge in [0, 0.05) is 19.2 Å². The maximum Gasteiger partial charge on any atom is 0.226 e. The second-order valence-corrected chi connectivity index (χ2v) is 4.58. The van der Waals surface area contributed by atoms with Crippen LogP contribution in [0.1, 0.15) is 12.1 Å². The van der Waals surface area contributed by atoms with E-state index in [1.807, 2.05) is 30.3 Å². The molecule has 0 bridgehead atoms. The molecule has 0 saturated heterocycles. The van der Waals surface area contributed by atoms with Crippen LogP contribution < -0.4 is 11.1 Å². The van der Waals surface area contributed by atoms with Gasteiger partial charge in [0.15, 0.2) is 0 Å². The highest BCUT2D eigenvalue weighted by Crippen LogP contribution is 2.17.